The second-order valence-corrected chi connectivity index (χ2v) is 8.26. The Morgan fingerprint density at radius 2 is 1.17 bits per heavy atom. The van der Waals surface area contributed by atoms with Crippen molar-refractivity contribution in [2.75, 3.05) is 23.1 Å². The van der Waals surface area contributed by atoms with Gasteiger partial charge in [-0.2, -0.15) is 0 Å². The Morgan fingerprint density at radius 3 is 1.47 bits per heavy atom. The van der Waals surface area contributed by atoms with Gasteiger partial charge in [0.25, 0.3) is 12.9 Å². The summed E-state index contributed by atoms with van der Waals surface area (Å²) in [7, 11) is 3.18. The van der Waals surface area contributed by atoms with Crippen LogP contribution in [0.3, 0.4) is 0 Å². The average molecular weight is 638 g/mol. The molecular weight excluding hydrogens is 614 g/mol. The number of hydrogen-bond acceptors (Lipinski definition) is 6. The van der Waals surface area contributed by atoms with Crippen LogP contribution >= 0.6 is 45.2 Å². The van der Waals surface area contributed by atoms with Crippen molar-refractivity contribution in [1.29, 1.82) is 0 Å². The summed E-state index contributed by atoms with van der Waals surface area (Å²) in [6.07, 6.45) is -1.03. The minimum atomic E-state index is -0.516. The van der Waals surface area contributed by atoms with Gasteiger partial charge in [0.15, 0.2) is 0 Å². The average Bonchev–Trinajstić information content (AvgIpc) is 2.80. The smallest absolute Gasteiger partial charge is 0.293 e. The predicted octanol–water partition coefficient (Wildman–Crippen LogP) is 4.93. The first-order chi connectivity index (χ1) is 14.6. The molecule has 0 aliphatic carbocycles. The lowest BCUT2D eigenvalue weighted by atomic mass is 9.81. The van der Waals surface area contributed by atoms with Gasteiger partial charge < -0.3 is 18.9 Å². The van der Waals surface area contributed by atoms with Gasteiger partial charge in [0.05, 0.1) is 14.2 Å². The third kappa shape index (κ3) is 6.22. The molecule has 0 aliphatic rings. The van der Waals surface area contributed by atoms with Crippen LogP contribution in [-0.2, 0) is 19.1 Å². The Bertz CT molecular complexity index is 748. The quantitative estimate of drug-likeness (QED) is 0.176. The lowest BCUT2D eigenvalue weighted by Crippen LogP contribution is -2.32. The van der Waals surface area contributed by atoms with E-state index in [1.807, 2.05) is 48.5 Å². The lowest BCUT2D eigenvalue weighted by Gasteiger charge is -2.35. The fraction of sp³-hybridized carbons (Fsp3) is 0.364. The lowest BCUT2D eigenvalue weighted by molar-refractivity contribution is -0.144. The maximum Gasteiger partial charge on any atom is 0.293 e. The normalized spacial score (nSPS) is 14.7. The van der Waals surface area contributed by atoms with Crippen LogP contribution in [0, 0.1) is 11.8 Å². The van der Waals surface area contributed by atoms with E-state index in [9.17, 15) is 9.59 Å². The summed E-state index contributed by atoms with van der Waals surface area (Å²) in [4.78, 5) is 22.7. The molecule has 3 unspecified atom stereocenters. The van der Waals surface area contributed by atoms with Crippen molar-refractivity contribution in [3.63, 3.8) is 0 Å². The van der Waals surface area contributed by atoms with E-state index in [1.165, 1.54) is 0 Å². The van der Waals surface area contributed by atoms with Gasteiger partial charge >= 0.3 is 0 Å². The Kier molecular flexibility index (Phi) is 10.7. The molecule has 162 valence electrons. The maximum absolute atomic E-state index is 11.4. The third-order valence-corrected chi connectivity index (χ3v) is 6.97. The Labute approximate surface area is 203 Å². The number of ether oxygens (including phenoxy) is 4. The van der Waals surface area contributed by atoms with E-state index in [2.05, 4.69) is 45.2 Å². The van der Waals surface area contributed by atoms with E-state index in [4.69, 9.17) is 18.9 Å². The van der Waals surface area contributed by atoms with Gasteiger partial charge in [-0.15, -0.1) is 0 Å². The molecule has 8 heteroatoms. The van der Waals surface area contributed by atoms with E-state index < -0.39 is 12.2 Å². The molecular formula is C22H24I2O6. The number of alkyl halides is 2. The zero-order chi connectivity index (χ0) is 21.9. The fourth-order valence-electron chi connectivity index (χ4n) is 3.45. The van der Waals surface area contributed by atoms with Crippen LogP contribution in [0.15, 0.2) is 48.5 Å². The molecule has 0 bridgehead atoms. The van der Waals surface area contributed by atoms with Crippen molar-refractivity contribution >= 4 is 58.1 Å². The molecule has 0 heterocycles. The van der Waals surface area contributed by atoms with Gasteiger partial charge in [0.2, 0.25) is 0 Å². The van der Waals surface area contributed by atoms with Crippen molar-refractivity contribution < 1.29 is 28.5 Å². The Balaban J connectivity index is 2.48. The Morgan fingerprint density at radius 1 is 0.767 bits per heavy atom. The number of carbonyl (C=O) groups excluding carboxylic acids is 2. The molecule has 0 radical (unpaired) electrons. The summed E-state index contributed by atoms with van der Waals surface area (Å²) in [5.41, 5.74) is 1.65. The van der Waals surface area contributed by atoms with E-state index in [0.717, 1.165) is 11.1 Å². The summed E-state index contributed by atoms with van der Waals surface area (Å²) in [6, 6.07) is 14.9. The van der Waals surface area contributed by atoms with Gasteiger partial charge in [0.1, 0.15) is 23.7 Å². The second-order valence-electron chi connectivity index (χ2n) is 6.50. The second kappa shape index (κ2) is 13.0. The van der Waals surface area contributed by atoms with Crippen LogP contribution in [0.1, 0.15) is 23.3 Å². The number of halogens is 2. The first-order valence-corrected chi connectivity index (χ1v) is 12.3. The first kappa shape index (κ1) is 24.7. The monoisotopic (exact) mass is 638 g/mol. The highest BCUT2D eigenvalue weighted by atomic mass is 127. The molecule has 2 aromatic carbocycles. The summed E-state index contributed by atoms with van der Waals surface area (Å²) < 4.78 is 23.2. The minimum Gasteiger partial charge on any atom is -0.497 e. The summed E-state index contributed by atoms with van der Waals surface area (Å²) in [5.74, 6) is 1.13. The van der Waals surface area contributed by atoms with Crippen LogP contribution in [0.4, 0.5) is 0 Å². The predicted molar refractivity (Wildman–Crippen MR) is 131 cm³/mol. The molecule has 6 nitrogen and oxygen atoms in total. The fourth-order valence-corrected chi connectivity index (χ4v) is 5.68. The van der Waals surface area contributed by atoms with Crippen LogP contribution in [-0.4, -0.2) is 36.0 Å². The van der Waals surface area contributed by atoms with Gasteiger partial charge in [-0.05, 0) is 35.4 Å². The van der Waals surface area contributed by atoms with Crippen molar-refractivity contribution in [3.8, 4) is 11.5 Å². The molecule has 30 heavy (non-hydrogen) atoms. The molecule has 0 saturated heterocycles. The molecule has 0 spiro atoms. The largest absolute Gasteiger partial charge is 0.497 e. The van der Waals surface area contributed by atoms with Gasteiger partial charge in [-0.3, -0.25) is 9.59 Å². The number of methoxy groups -OCH3 is 2. The van der Waals surface area contributed by atoms with E-state index in [-0.39, 0.29) is 11.8 Å². The highest BCUT2D eigenvalue weighted by molar-refractivity contribution is 14.1. The highest BCUT2D eigenvalue weighted by Gasteiger charge is 2.37. The SMILES string of the molecule is COc1cccc(C(OC=O)C(CI)C(CI)[C@H](OC=O)c2cccc(OC)c2)c1. The van der Waals surface area contributed by atoms with Crippen molar-refractivity contribution in [3.05, 3.63) is 59.7 Å². The van der Waals surface area contributed by atoms with Crippen molar-refractivity contribution in [2.24, 2.45) is 11.8 Å². The minimum absolute atomic E-state index is 0.115. The van der Waals surface area contributed by atoms with E-state index in [1.54, 1.807) is 14.2 Å². The molecule has 0 saturated carbocycles. The number of benzene rings is 2. The van der Waals surface area contributed by atoms with Crippen LogP contribution in [0.5, 0.6) is 11.5 Å². The molecule has 2 rings (SSSR count). The maximum atomic E-state index is 11.4. The number of carbonyl (C=O) groups is 2. The van der Waals surface area contributed by atoms with Crippen LogP contribution in [0.2, 0.25) is 0 Å². The molecule has 0 aromatic heterocycles. The summed E-state index contributed by atoms with van der Waals surface area (Å²) in [6.45, 7) is 0.934. The van der Waals surface area contributed by atoms with E-state index >= 15 is 0 Å². The number of hydrogen-bond donors (Lipinski definition) is 0. The summed E-state index contributed by atoms with van der Waals surface area (Å²) >= 11 is 4.57. The highest BCUT2D eigenvalue weighted by Crippen LogP contribution is 2.42. The van der Waals surface area contributed by atoms with Gasteiger partial charge in [-0.1, -0.05) is 69.4 Å². The molecule has 0 N–H and O–H groups in total. The van der Waals surface area contributed by atoms with E-state index in [0.29, 0.717) is 33.3 Å². The van der Waals surface area contributed by atoms with Crippen LogP contribution < -0.4 is 9.47 Å². The number of rotatable bonds is 13. The standard InChI is InChI=1S/C22H24I2O6/c1-27-17-7-3-5-15(9-17)21(29-13-25)19(11-23)20(12-24)22(30-14-26)16-6-4-8-18(10-16)28-2/h3-10,13-14,19-22H,11-12H2,1-2H3/t19?,20?,21-,22?/m1/s1. The van der Waals surface area contributed by atoms with Gasteiger partial charge in [0, 0.05) is 20.7 Å². The zero-order valence-electron chi connectivity index (χ0n) is 16.7. The Hall–Kier alpha value is -1.56. The summed E-state index contributed by atoms with van der Waals surface area (Å²) in [5, 5.41) is 0. The van der Waals surface area contributed by atoms with Gasteiger partial charge in [-0.25, -0.2) is 0 Å². The first-order valence-electron chi connectivity index (χ1n) is 9.21. The zero-order valence-corrected chi connectivity index (χ0v) is 21.0. The van der Waals surface area contributed by atoms with Crippen molar-refractivity contribution in [2.45, 2.75) is 12.2 Å². The third-order valence-electron chi connectivity index (χ3n) is 4.93. The molecule has 0 amide bonds. The van der Waals surface area contributed by atoms with Crippen LogP contribution in [0.25, 0.3) is 0 Å². The molecule has 2 aromatic rings. The molecule has 0 aliphatic heterocycles. The topological polar surface area (TPSA) is 71.1 Å². The molecule has 4 atom stereocenters. The van der Waals surface area contributed by atoms with Crippen molar-refractivity contribution in [1.82, 2.24) is 0 Å². The molecule has 0 fully saturated rings.